The van der Waals surface area contributed by atoms with Crippen LogP contribution in [0.25, 0.3) is 0 Å². The topological polar surface area (TPSA) is 92.4 Å². The highest BCUT2D eigenvalue weighted by molar-refractivity contribution is 9.10. The van der Waals surface area contributed by atoms with E-state index in [9.17, 15) is 9.59 Å². The maximum absolute atomic E-state index is 11.8. The van der Waals surface area contributed by atoms with Gasteiger partial charge in [-0.1, -0.05) is 19.0 Å². The fourth-order valence-electron chi connectivity index (χ4n) is 1.23. The van der Waals surface area contributed by atoms with Crippen LogP contribution in [0.5, 0.6) is 0 Å². The lowest BCUT2D eigenvalue weighted by Crippen LogP contribution is -2.44. The van der Waals surface area contributed by atoms with E-state index in [1.807, 2.05) is 0 Å². The summed E-state index contributed by atoms with van der Waals surface area (Å²) in [6.07, 6.45) is 0. The number of carbonyl (C=O) groups excluding carboxylic acids is 1. The molecule has 1 unspecified atom stereocenters. The van der Waals surface area contributed by atoms with Gasteiger partial charge in [-0.3, -0.25) is 4.79 Å². The molecule has 0 aliphatic rings. The van der Waals surface area contributed by atoms with Crippen LogP contribution < -0.4 is 5.32 Å². The molecule has 6 nitrogen and oxygen atoms in total. The number of hydrogen-bond donors (Lipinski definition) is 2. The minimum Gasteiger partial charge on any atom is -0.480 e. The van der Waals surface area contributed by atoms with Crippen LogP contribution in [0.4, 0.5) is 0 Å². The van der Waals surface area contributed by atoms with Gasteiger partial charge in [-0.2, -0.15) is 0 Å². The van der Waals surface area contributed by atoms with Crippen LogP contribution in [0.1, 0.15) is 30.1 Å². The Hall–Kier alpha value is -1.37. The van der Waals surface area contributed by atoms with Gasteiger partial charge < -0.3 is 14.9 Å². The Morgan fingerprint density at radius 1 is 1.47 bits per heavy atom. The van der Waals surface area contributed by atoms with Gasteiger partial charge in [0.15, 0.2) is 5.69 Å². The molecule has 1 aromatic rings. The second kappa shape index (κ2) is 5.31. The molecule has 0 aromatic carbocycles. The third-order valence-corrected chi connectivity index (χ3v) is 3.16. The normalized spacial score (nSPS) is 12.5. The highest BCUT2D eigenvalue weighted by atomic mass is 79.9. The molecule has 0 aliphatic carbocycles. The van der Waals surface area contributed by atoms with Gasteiger partial charge in [-0.15, -0.1) is 0 Å². The van der Waals surface area contributed by atoms with Crippen LogP contribution in [0.3, 0.4) is 0 Å². The number of aliphatic carboxylic acids is 1. The van der Waals surface area contributed by atoms with Crippen LogP contribution in [-0.2, 0) is 4.79 Å². The van der Waals surface area contributed by atoms with Gasteiger partial charge in [0.2, 0.25) is 0 Å². The van der Waals surface area contributed by atoms with Crippen molar-refractivity contribution >= 4 is 27.8 Å². The first-order valence-electron chi connectivity index (χ1n) is 5.00. The van der Waals surface area contributed by atoms with E-state index < -0.39 is 17.9 Å². The largest absolute Gasteiger partial charge is 0.480 e. The van der Waals surface area contributed by atoms with E-state index in [4.69, 9.17) is 9.63 Å². The van der Waals surface area contributed by atoms with E-state index in [0.29, 0.717) is 10.2 Å². The molecule has 0 saturated heterocycles. The van der Waals surface area contributed by atoms with Crippen LogP contribution in [0.15, 0.2) is 9.00 Å². The zero-order valence-electron chi connectivity index (χ0n) is 9.65. The summed E-state index contributed by atoms with van der Waals surface area (Å²) in [6.45, 7) is 5.06. The summed E-state index contributed by atoms with van der Waals surface area (Å²) in [5.41, 5.74) is 0.0504. The molecule has 0 radical (unpaired) electrons. The van der Waals surface area contributed by atoms with E-state index >= 15 is 0 Å². The number of aromatic nitrogens is 1. The Labute approximate surface area is 106 Å². The quantitative estimate of drug-likeness (QED) is 0.881. The predicted octanol–water partition coefficient (Wildman–Crippen LogP) is 1.58. The first-order chi connectivity index (χ1) is 7.84. The fourth-order valence-corrected chi connectivity index (χ4v) is 1.55. The number of aryl methyl sites for hydroxylation is 1. The van der Waals surface area contributed by atoms with Crippen molar-refractivity contribution in [3.05, 3.63) is 15.9 Å². The fraction of sp³-hybridized carbons (Fsp3) is 0.500. The van der Waals surface area contributed by atoms with Crippen molar-refractivity contribution in [2.24, 2.45) is 5.92 Å². The first-order valence-corrected chi connectivity index (χ1v) is 5.79. The summed E-state index contributed by atoms with van der Waals surface area (Å²) in [6, 6.07) is -0.952. The number of carboxylic acid groups (broad SMARTS) is 1. The molecule has 1 atom stereocenters. The standard InChI is InChI=1S/C10H13BrN2O4/c1-4(2)7(10(15)16)12-9(14)8-6(11)5(3)17-13-8/h4,7H,1-3H3,(H,12,14)(H,15,16). The minimum atomic E-state index is -1.08. The van der Waals surface area contributed by atoms with Gasteiger partial charge in [-0.05, 0) is 28.8 Å². The number of hydrogen-bond acceptors (Lipinski definition) is 4. The van der Waals surface area contributed by atoms with E-state index in [1.165, 1.54) is 0 Å². The lowest BCUT2D eigenvalue weighted by Gasteiger charge is -2.16. The van der Waals surface area contributed by atoms with Crippen molar-refractivity contribution in [3.8, 4) is 0 Å². The van der Waals surface area contributed by atoms with Gasteiger partial charge in [0, 0.05) is 0 Å². The molecular formula is C10H13BrN2O4. The third-order valence-electron chi connectivity index (χ3n) is 2.23. The van der Waals surface area contributed by atoms with Gasteiger partial charge in [0.1, 0.15) is 11.8 Å². The molecule has 1 aromatic heterocycles. The molecule has 1 amide bonds. The summed E-state index contributed by atoms with van der Waals surface area (Å²) >= 11 is 3.15. The molecule has 17 heavy (non-hydrogen) atoms. The van der Waals surface area contributed by atoms with E-state index in [2.05, 4.69) is 26.4 Å². The van der Waals surface area contributed by atoms with Gasteiger partial charge in [-0.25, -0.2) is 4.79 Å². The number of rotatable bonds is 4. The molecular weight excluding hydrogens is 292 g/mol. The molecule has 0 saturated carbocycles. The van der Waals surface area contributed by atoms with Crippen molar-refractivity contribution < 1.29 is 19.2 Å². The number of carbonyl (C=O) groups is 2. The molecule has 0 aliphatic heterocycles. The van der Waals surface area contributed by atoms with Crippen LogP contribution in [-0.4, -0.2) is 28.2 Å². The number of halogens is 1. The molecule has 0 spiro atoms. The van der Waals surface area contributed by atoms with Crippen molar-refractivity contribution in [1.82, 2.24) is 10.5 Å². The summed E-state index contributed by atoms with van der Waals surface area (Å²) in [4.78, 5) is 22.7. The van der Waals surface area contributed by atoms with Crippen molar-refractivity contribution in [2.45, 2.75) is 26.8 Å². The van der Waals surface area contributed by atoms with Gasteiger partial charge in [0.05, 0.1) is 4.47 Å². The number of amides is 1. The van der Waals surface area contributed by atoms with Crippen molar-refractivity contribution in [2.75, 3.05) is 0 Å². The van der Waals surface area contributed by atoms with E-state index in [1.54, 1.807) is 20.8 Å². The highest BCUT2D eigenvalue weighted by Crippen LogP contribution is 2.20. The molecule has 0 bridgehead atoms. The zero-order chi connectivity index (χ0) is 13.2. The molecule has 0 fully saturated rings. The highest BCUT2D eigenvalue weighted by Gasteiger charge is 2.26. The lowest BCUT2D eigenvalue weighted by atomic mass is 10.0. The average Bonchev–Trinajstić information content (AvgIpc) is 2.55. The van der Waals surface area contributed by atoms with E-state index in [0.717, 1.165) is 0 Å². The van der Waals surface area contributed by atoms with Gasteiger partial charge >= 0.3 is 5.97 Å². The number of nitrogens with zero attached hydrogens (tertiary/aromatic N) is 1. The Morgan fingerprint density at radius 3 is 2.41 bits per heavy atom. The summed E-state index contributed by atoms with van der Waals surface area (Å²) in [7, 11) is 0. The molecule has 7 heteroatoms. The van der Waals surface area contributed by atoms with Crippen molar-refractivity contribution in [3.63, 3.8) is 0 Å². The Balaban J connectivity index is 2.85. The summed E-state index contributed by atoms with van der Waals surface area (Å²) in [5.74, 6) is -1.41. The van der Waals surface area contributed by atoms with Crippen LogP contribution >= 0.6 is 15.9 Å². The smallest absolute Gasteiger partial charge is 0.326 e. The van der Waals surface area contributed by atoms with Gasteiger partial charge in [0.25, 0.3) is 5.91 Å². The third kappa shape index (κ3) is 3.06. The second-order valence-corrected chi connectivity index (χ2v) is 4.73. The summed E-state index contributed by atoms with van der Waals surface area (Å²) < 4.78 is 5.25. The average molecular weight is 305 g/mol. The second-order valence-electron chi connectivity index (χ2n) is 3.93. The molecule has 2 N–H and O–H groups in total. The Morgan fingerprint density at radius 2 is 2.06 bits per heavy atom. The zero-order valence-corrected chi connectivity index (χ0v) is 11.2. The Kier molecular flexibility index (Phi) is 4.28. The number of carboxylic acids is 1. The number of nitrogens with one attached hydrogen (secondary N) is 1. The minimum absolute atomic E-state index is 0.0504. The lowest BCUT2D eigenvalue weighted by molar-refractivity contribution is -0.140. The predicted molar refractivity (Wildman–Crippen MR) is 62.7 cm³/mol. The Bertz CT molecular complexity index is 442. The van der Waals surface area contributed by atoms with Crippen molar-refractivity contribution in [1.29, 1.82) is 0 Å². The molecule has 94 valence electrons. The SMILES string of the molecule is Cc1onc(C(=O)NC(C(=O)O)C(C)C)c1Br. The molecule has 1 heterocycles. The first kappa shape index (κ1) is 13.7. The summed E-state index contributed by atoms with van der Waals surface area (Å²) in [5, 5.41) is 14.9. The molecule has 1 rings (SSSR count). The maximum Gasteiger partial charge on any atom is 0.326 e. The maximum atomic E-state index is 11.8. The van der Waals surface area contributed by atoms with Crippen LogP contribution in [0.2, 0.25) is 0 Å². The monoisotopic (exact) mass is 304 g/mol. The van der Waals surface area contributed by atoms with Crippen LogP contribution in [0, 0.1) is 12.8 Å². The van der Waals surface area contributed by atoms with E-state index in [-0.39, 0.29) is 11.6 Å².